The summed E-state index contributed by atoms with van der Waals surface area (Å²) in [5, 5.41) is 10.3. The van der Waals surface area contributed by atoms with Crippen LogP contribution in [-0.4, -0.2) is 10.1 Å². The average Bonchev–Trinajstić information content (AvgIpc) is 2.33. The van der Waals surface area contributed by atoms with Crippen molar-refractivity contribution < 1.29 is 9.50 Å². The molecule has 0 spiro atoms. The van der Waals surface area contributed by atoms with Gasteiger partial charge in [-0.2, -0.15) is 0 Å². The zero-order valence-electron chi connectivity index (χ0n) is 11.5. The lowest BCUT2D eigenvalue weighted by Gasteiger charge is -2.23. The molecule has 0 aliphatic rings. The quantitative estimate of drug-likeness (QED) is 0.705. The standard InChI is InChI=1S/C15H24FNO/c1-3-4-5-6-7-8-9-15(2,18)13-10-14(16)12-17-11-13/h10-12,18H,3-9H2,1-2H3. The Balaban J connectivity index is 2.35. The summed E-state index contributed by atoms with van der Waals surface area (Å²) in [7, 11) is 0. The second kappa shape index (κ2) is 7.47. The number of rotatable bonds is 8. The third kappa shape index (κ3) is 5.13. The highest BCUT2D eigenvalue weighted by molar-refractivity contribution is 5.17. The number of hydrogen-bond acceptors (Lipinski definition) is 2. The van der Waals surface area contributed by atoms with Crippen molar-refractivity contribution in [3.63, 3.8) is 0 Å². The maximum atomic E-state index is 13.1. The van der Waals surface area contributed by atoms with Crippen LogP contribution in [0.2, 0.25) is 0 Å². The summed E-state index contributed by atoms with van der Waals surface area (Å²) in [6, 6.07) is 1.37. The second-order valence-corrected chi connectivity index (χ2v) is 5.18. The van der Waals surface area contributed by atoms with E-state index in [9.17, 15) is 9.50 Å². The lowest BCUT2D eigenvalue weighted by molar-refractivity contribution is 0.0441. The minimum absolute atomic E-state index is 0.393. The number of halogens is 1. The molecule has 1 aromatic heterocycles. The zero-order chi connectivity index (χ0) is 13.4. The van der Waals surface area contributed by atoms with E-state index in [1.165, 1.54) is 31.7 Å². The van der Waals surface area contributed by atoms with Crippen molar-refractivity contribution in [1.82, 2.24) is 4.98 Å². The van der Waals surface area contributed by atoms with Crippen molar-refractivity contribution in [2.45, 2.75) is 64.4 Å². The lowest BCUT2D eigenvalue weighted by atomic mass is 9.91. The summed E-state index contributed by atoms with van der Waals surface area (Å²) in [6.07, 6.45) is 10.4. The van der Waals surface area contributed by atoms with Gasteiger partial charge in [-0.25, -0.2) is 4.39 Å². The van der Waals surface area contributed by atoms with Crippen LogP contribution in [0, 0.1) is 5.82 Å². The van der Waals surface area contributed by atoms with E-state index in [1.807, 2.05) is 0 Å². The lowest BCUT2D eigenvalue weighted by Crippen LogP contribution is -2.21. The molecule has 1 heterocycles. The molecular weight excluding hydrogens is 229 g/mol. The van der Waals surface area contributed by atoms with E-state index in [0.717, 1.165) is 19.0 Å². The predicted molar refractivity (Wildman–Crippen MR) is 71.8 cm³/mol. The zero-order valence-corrected chi connectivity index (χ0v) is 11.5. The van der Waals surface area contributed by atoms with Gasteiger partial charge in [-0.15, -0.1) is 0 Å². The molecule has 0 aromatic carbocycles. The number of aliphatic hydroxyl groups is 1. The maximum Gasteiger partial charge on any atom is 0.141 e. The Kier molecular flexibility index (Phi) is 6.27. The highest BCUT2D eigenvalue weighted by Crippen LogP contribution is 2.26. The van der Waals surface area contributed by atoms with E-state index >= 15 is 0 Å². The van der Waals surface area contributed by atoms with Crippen molar-refractivity contribution in [3.05, 3.63) is 29.8 Å². The molecule has 1 rings (SSSR count). The summed E-state index contributed by atoms with van der Waals surface area (Å²) in [6.45, 7) is 3.93. The molecule has 0 saturated carbocycles. The fraction of sp³-hybridized carbons (Fsp3) is 0.667. The molecule has 0 radical (unpaired) electrons. The van der Waals surface area contributed by atoms with Gasteiger partial charge in [0, 0.05) is 11.8 Å². The molecule has 3 heteroatoms. The number of aromatic nitrogens is 1. The molecule has 0 aliphatic carbocycles. The van der Waals surface area contributed by atoms with E-state index in [0.29, 0.717) is 12.0 Å². The maximum absolute atomic E-state index is 13.1. The van der Waals surface area contributed by atoms with E-state index in [1.54, 1.807) is 13.1 Å². The first-order valence-electron chi connectivity index (χ1n) is 6.89. The second-order valence-electron chi connectivity index (χ2n) is 5.18. The Bertz CT molecular complexity index is 352. The Morgan fingerprint density at radius 2 is 1.83 bits per heavy atom. The predicted octanol–water partition coefficient (Wildman–Crippen LogP) is 4.18. The van der Waals surface area contributed by atoms with Gasteiger partial charge in [0.15, 0.2) is 0 Å². The molecule has 0 amide bonds. The minimum atomic E-state index is -0.972. The van der Waals surface area contributed by atoms with Gasteiger partial charge < -0.3 is 5.11 Å². The highest BCUT2D eigenvalue weighted by Gasteiger charge is 2.23. The largest absolute Gasteiger partial charge is 0.385 e. The Hall–Kier alpha value is -0.960. The number of unbranched alkanes of at least 4 members (excludes halogenated alkanes) is 5. The molecule has 1 atom stereocenters. The van der Waals surface area contributed by atoms with E-state index in [-0.39, 0.29) is 0 Å². The van der Waals surface area contributed by atoms with Gasteiger partial charge in [0.1, 0.15) is 5.82 Å². The van der Waals surface area contributed by atoms with Crippen molar-refractivity contribution in [2.75, 3.05) is 0 Å². The van der Waals surface area contributed by atoms with Crippen LogP contribution in [-0.2, 0) is 5.60 Å². The summed E-state index contributed by atoms with van der Waals surface area (Å²) >= 11 is 0. The van der Waals surface area contributed by atoms with Crippen LogP contribution in [0.3, 0.4) is 0 Å². The Labute approximate surface area is 109 Å². The fourth-order valence-corrected chi connectivity index (χ4v) is 2.10. The third-order valence-corrected chi connectivity index (χ3v) is 3.34. The summed E-state index contributed by atoms with van der Waals surface area (Å²) in [5.74, 6) is -0.393. The Morgan fingerprint density at radius 3 is 2.50 bits per heavy atom. The van der Waals surface area contributed by atoms with Gasteiger partial charge in [0.05, 0.1) is 11.8 Å². The molecule has 18 heavy (non-hydrogen) atoms. The van der Waals surface area contributed by atoms with Crippen LogP contribution < -0.4 is 0 Å². The van der Waals surface area contributed by atoms with Crippen molar-refractivity contribution in [2.24, 2.45) is 0 Å². The number of pyridine rings is 1. The molecule has 0 saturated heterocycles. The van der Waals surface area contributed by atoms with Gasteiger partial charge in [-0.3, -0.25) is 4.98 Å². The van der Waals surface area contributed by atoms with Gasteiger partial charge in [-0.1, -0.05) is 45.4 Å². The minimum Gasteiger partial charge on any atom is -0.385 e. The first kappa shape index (κ1) is 15.1. The van der Waals surface area contributed by atoms with Crippen LogP contribution in [0.1, 0.15) is 64.4 Å². The topological polar surface area (TPSA) is 33.1 Å². The monoisotopic (exact) mass is 253 g/mol. The van der Waals surface area contributed by atoms with Gasteiger partial charge in [-0.05, 0) is 19.4 Å². The first-order chi connectivity index (χ1) is 8.56. The summed E-state index contributed by atoms with van der Waals surface area (Å²) < 4.78 is 13.1. The van der Waals surface area contributed by atoms with Gasteiger partial charge in [0.25, 0.3) is 0 Å². The van der Waals surface area contributed by atoms with Crippen molar-refractivity contribution in [1.29, 1.82) is 0 Å². The van der Waals surface area contributed by atoms with Crippen molar-refractivity contribution in [3.8, 4) is 0 Å². The highest BCUT2D eigenvalue weighted by atomic mass is 19.1. The first-order valence-corrected chi connectivity index (χ1v) is 6.89. The van der Waals surface area contributed by atoms with Crippen LogP contribution >= 0.6 is 0 Å². The van der Waals surface area contributed by atoms with E-state index < -0.39 is 11.4 Å². The van der Waals surface area contributed by atoms with Crippen LogP contribution in [0.15, 0.2) is 18.5 Å². The van der Waals surface area contributed by atoms with Crippen LogP contribution in [0.4, 0.5) is 4.39 Å². The van der Waals surface area contributed by atoms with Crippen LogP contribution in [0.5, 0.6) is 0 Å². The molecule has 1 N–H and O–H groups in total. The van der Waals surface area contributed by atoms with Gasteiger partial charge >= 0.3 is 0 Å². The number of nitrogens with zero attached hydrogens (tertiary/aromatic N) is 1. The van der Waals surface area contributed by atoms with Crippen molar-refractivity contribution >= 4 is 0 Å². The summed E-state index contributed by atoms with van der Waals surface area (Å²) in [5.41, 5.74) is -0.407. The molecular formula is C15H24FNO. The SMILES string of the molecule is CCCCCCCCC(C)(O)c1cncc(F)c1. The van der Waals surface area contributed by atoms with E-state index in [2.05, 4.69) is 11.9 Å². The number of hydrogen-bond donors (Lipinski definition) is 1. The smallest absolute Gasteiger partial charge is 0.141 e. The van der Waals surface area contributed by atoms with Crippen LogP contribution in [0.25, 0.3) is 0 Å². The molecule has 1 aromatic rings. The average molecular weight is 253 g/mol. The normalized spacial score (nSPS) is 14.4. The molecule has 102 valence electrons. The molecule has 0 aliphatic heterocycles. The summed E-state index contributed by atoms with van der Waals surface area (Å²) in [4.78, 5) is 3.78. The molecule has 2 nitrogen and oxygen atoms in total. The van der Waals surface area contributed by atoms with E-state index in [4.69, 9.17) is 0 Å². The van der Waals surface area contributed by atoms with Gasteiger partial charge in [0.2, 0.25) is 0 Å². The molecule has 1 unspecified atom stereocenters. The fourth-order valence-electron chi connectivity index (χ4n) is 2.10. The Morgan fingerprint density at radius 1 is 1.17 bits per heavy atom. The third-order valence-electron chi connectivity index (χ3n) is 3.34. The molecule has 0 bridgehead atoms. The molecule has 0 fully saturated rings.